The Morgan fingerprint density at radius 1 is 1.33 bits per heavy atom. The van der Waals surface area contributed by atoms with Crippen molar-refractivity contribution in [1.82, 2.24) is 15.2 Å². The second-order valence-corrected chi connectivity index (χ2v) is 7.47. The molecule has 2 aromatic rings. The molecule has 4 nitrogen and oxygen atoms in total. The van der Waals surface area contributed by atoms with Crippen LogP contribution in [0.25, 0.3) is 10.8 Å². The highest BCUT2D eigenvalue weighted by molar-refractivity contribution is 5.86. The van der Waals surface area contributed by atoms with Crippen LogP contribution in [0.4, 0.5) is 0 Å². The lowest BCUT2D eigenvalue weighted by Crippen LogP contribution is -2.48. The van der Waals surface area contributed by atoms with E-state index in [0.29, 0.717) is 6.04 Å². The summed E-state index contributed by atoms with van der Waals surface area (Å²) in [5.41, 5.74) is 0.407. The second-order valence-electron chi connectivity index (χ2n) is 7.47. The van der Waals surface area contributed by atoms with Crippen molar-refractivity contribution in [2.75, 3.05) is 13.6 Å². The number of hydrogen-bond acceptors (Lipinski definition) is 3. The van der Waals surface area contributed by atoms with Crippen LogP contribution in [-0.4, -0.2) is 35.4 Å². The Morgan fingerprint density at radius 3 is 2.79 bits per heavy atom. The van der Waals surface area contributed by atoms with E-state index >= 15 is 0 Å². The topological polar surface area (TPSA) is 45.2 Å². The molecule has 0 aliphatic carbocycles. The van der Waals surface area contributed by atoms with Crippen LogP contribution in [0.5, 0.6) is 0 Å². The Kier molecular flexibility index (Phi) is 4.59. The molecule has 1 N–H and O–H groups in total. The van der Waals surface area contributed by atoms with Gasteiger partial charge in [-0.05, 0) is 51.7 Å². The number of hydrogen-bond donors (Lipinski definition) is 1. The quantitative estimate of drug-likeness (QED) is 0.938. The van der Waals surface area contributed by atoms with E-state index < -0.39 is 5.54 Å². The minimum Gasteiger partial charge on any atom is -0.345 e. The summed E-state index contributed by atoms with van der Waals surface area (Å²) in [6, 6.07) is 10.5. The van der Waals surface area contributed by atoms with Gasteiger partial charge >= 0.3 is 0 Å². The second kappa shape index (κ2) is 6.52. The predicted octanol–water partition coefficient (Wildman–Crippen LogP) is 3.32. The van der Waals surface area contributed by atoms with Crippen LogP contribution >= 0.6 is 0 Å². The van der Waals surface area contributed by atoms with Gasteiger partial charge in [-0.1, -0.05) is 31.2 Å². The zero-order valence-corrected chi connectivity index (χ0v) is 15.0. The maximum Gasteiger partial charge on any atom is 0.225 e. The minimum absolute atomic E-state index is 0.0215. The third kappa shape index (κ3) is 3.16. The average molecular weight is 325 g/mol. The molecule has 1 amide bonds. The maximum atomic E-state index is 12.8. The van der Waals surface area contributed by atoms with Crippen LogP contribution in [0.1, 0.15) is 39.3 Å². The van der Waals surface area contributed by atoms with Gasteiger partial charge < -0.3 is 10.2 Å². The molecule has 0 spiro atoms. The molecular weight excluding hydrogens is 298 g/mol. The van der Waals surface area contributed by atoms with Crippen LogP contribution in [-0.2, 0) is 10.3 Å². The number of carbonyl (C=O) groups is 1. The van der Waals surface area contributed by atoms with Crippen molar-refractivity contribution in [3.63, 3.8) is 0 Å². The molecule has 0 unspecified atom stereocenters. The van der Waals surface area contributed by atoms with E-state index in [0.717, 1.165) is 29.4 Å². The van der Waals surface area contributed by atoms with Gasteiger partial charge in [0.15, 0.2) is 0 Å². The minimum atomic E-state index is -0.511. The summed E-state index contributed by atoms with van der Waals surface area (Å²) < 4.78 is 0. The molecule has 1 fully saturated rings. The molecular formula is C20H27N3O. The number of fused-ring (bicyclic) bond motifs is 1. The fourth-order valence-electron chi connectivity index (χ4n) is 3.84. The first-order valence-electron chi connectivity index (χ1n) is 8.76. The first-order valence-corrected chi connectivity index (χ1v) is 8.76. The summed E-state index contributed by atoms with van der Waals surface area (Å²) in [4.78, 5) is 19.7. The fourth-order valence-corrected chi connectivity index (χ4v) is 3.84. The molecule has 0 radical (unpaired) electrons. The van der Waals surface area contributed by atoms with E-state index in [-0.39, 0.29) is 11.8 Å². The van der Waals surface area contributed by atoms with Gasteiger partial charge in [0.2, 0.25) is 5.91 Å². The van der Waals surface area contributed by atoms with Crippen molar-refractivity contribution in [2.45, 2.75) is 45.2 Å². The number of aromatic nitrogens is 1. The average Bonchev–Trinajstić information content (AvgIpc) is 2.99. The van der Waals surface area contributed by atoms with Gasteiger partial charge in [-0.15, -0.1) is 0 Å². The first-order chi connectivity index (χ1) is 11.4. The SMILES string of the molecule is C[C@@H](C(=O)NC(C)(C)c1nccc2ccccc12)[C@@H]1CCCN1C. The van der Waals surface area contributed by atoms with Crippen molar-refractivity contribution in [2.24, 2.45) is 5.92 Å². The predicted molar refractivity (Wildman–Crippen MR) is 97.7 cm³/mol. The standard InChI is InChI=1S/C20H27N3O/c1-14(17-10-7-13-23(17)4)19(24)22-20(2,3)18-16-9-6-5-8-15(16)11-12-21-18/h5-6,8-9,11-12,14,17H,7,10,13H2,1-4H3,(H,22,24)/t14-,17+/m1/s1. The lowest BCUT2D eigenvalue weighted by atomic mass is 9.92. The monoisotopic (exact) mass is 325 g/mol. The molecule has 0 saturated carbocycles. The van der Waals surface area contributed by atoms with Gasteiger partial charge in [0.05, 0.1) is 17.2 Å². The summed E-state index contributed by atoms with van der Waals surface area (Å²) in [6.45, 7) is 7.18. The number of likely N-dealkylation sites (tertiary alicyclic amines) is 1. The molecule has 24 heavy (non-hydrogen) atoms. The van der Waals surface area contributed by atoms with Crippen LogP contribution < -0.4 is 5.32 Å². The molecule has 2 heterocycles. The van der Waals surface area contributed by atoms with Gasteiger partial charge in [-0.25, -0.2) is 0 Å². The lowest BCUT2D eigenvalue weighted by Gasteiger charge is -2.31. The fraction of sp³-hybridized carbons (Fsp3) is 0.500. The van der Waals surface area contributed by atoms with Gasteiger partial charge in [-0.2, -0.15) is 0 Å². The largest absolute Gasteiger partial charge is 0.345 e. The summed E-state index contributed by atoms with van der Waals surface area (Å²) in [5, 5.41) is 5.47. The molecule has 2 atom stereocenters. The van der Waals surface area contributed by atoms with E-state index in [1.54, 1.807) is 0 Å². The van der Waals surface area contributed by atoms with Crippen LogP contribution in [0, 0.1) is 5.92 Å². The van der Waals surface area contributed by atoms with Crippen molar-refractivity contribution >= 4 is 16.7 Å². The number of nitrogens with zero attached hydrogens (tertiary/aromatic N) is 2. The normalized spacial score (nSPS) is 20.2. The molecule has 1 aromatic carbocycles. The Morgan fingerprint density at radius 2 is 2.08 bits per heavy atom. The highest BCUT2D eigenvalue weighted by atomic mass is 16.2. The van der Waals surface area contributed by atoms with Crippen LogP contribution in [0.3, 0.4) is 0 Å². The molecule has 1 saturated heterocycles. The van der Waals surface area contributed by atoms with E-state index in [1.807, 2.05) is 45.2 Å². The van der Waals surface area contributed by atoms with Crippen molar-refractivity contribution in [1.29, 1.82) is 0 Å². The number of benzene rings is 1. The van der Waals surface area contributed by atoms with E-state index in [9.17, 15) is 4.79 Å². The highest BCUT2D eigenvalue weighted by Crippen LogP contribution is 2.28. The summed E-state index contributed by atoms with van der Waals surface area (Å²) in [5.74, 6) is 0.0836. The Hall–Kier alpha value is -1.94. The lowest BCUT2D eigenvalue weighted by molar-refractivity contribution is -0.127. The van der Waals surface area contributed by atoms with E-state index in [4.69, 9.17) is 0 Å². The van der Waals surface area contributed by atoms with Crippen molar-refractivity contribution in [3.05, 3.63) is 42.2 Å². The number of rotatable bonds is 4. The van der Waals surface area contributed by atoms with Gasteiger partial charge in [-0.3, -0.25) is 9.78 Å². The zero-order valence-electron chi connectivity index (χ0n) is 15.0. The highest BCUT2D eigenvalue weighted by Gasteiger charge is 2.34. The molecule has 1 aromatic heterocycles. The summed E-state index contributed by atoms with van der Waals surface area (Å²) in [7, 11) is 2.11. The van der Waals surface area contributed by atoms with Gasteiger partial charge in [0.1, 0.15) is 0 Å². The third-order valence-electron chi connectivity index (χ3n) is 5.27. The van der Waals surface area contributed by atoms with Gasteiger partial charge in [0.25, 0.3) is 0 Å². The van der Waals surface area contributed by atoms with Crippen LogP contribution in [0.2, 0.25) is 0 Å². The van der Waals surface area contributed by atoms with Crippen molar-refractivity contribution in [3.8, 4) is 0 Å². The molecule has 1 aliphatic rings. The molecule has 0 bridgehead atoms. The third-order valence-corrected chi connectivity index (χ3v) is 5.27. The van der Waals surface area contributed by atoms with Gasteiger partial charge in [0, 0.05) is 17.6 Å². The molecule has 128 valence electrons. The maximum absolute atomic E-state index is 12.8. The number of nitrogens with one attached hydrogen (secondary N) is 1. The molecule has 3 rings (SSSR count). The first kappa shape index (κ1) is 16.9. The summed E-state index contributed by atoms with van der Waals surface area (Å²) >= 11 is 0. The van der Waals surface area contributed by atoms with Crippen LogP contribution in [0.15, 0.2) is 36.5 Å². The number of pyridine rings is 1. The molecule has 1 aliphatic heterocycles. The smallest absolute Gasteiger partial charge is 0.225 e. The number of amides is 1. The van der Waals surface area contributed by atoms with Crippen molar-refractivity contribution < 1.29 is 4.79 Å². The molecule has 4 heteroatoms. The summed E-state index contributed by atoms with van der Waals surface area (Å²) in [6.07, 6.45) is 4.09. The van der Waals surface area contributed by atoms with E-state index in [2.05, 4.69) is 34.4 Å². The zero-order chi connectivity index (χ0) is 17.3. The Balaban J connectivity index is 1.83. The Labute approximate surface area is 144 Å². The number of carbonyl (C=O) groups excluding carboxylic acids is 1. The van der Waals surface area contributed by atoms with E-state index in [1.165, 1.54) is 6.42 Å². The Bertz CT molecular complexity index is 735.